The molecule has 0 bridgehead atoms. The first kappa shape index (κ1) is 25.2. The van der Waals surface area contributed by atoms with Crippen molar-refractivity contribution < 1.29 is 31.2 Å². The van der Waals surface area contributed by atoms with E-state index in [9.17, 15) is 31.2 Å². The van der Waals surface area contributed by atoms with Crippen molar-refractivity contribution in [1.82, 2.24) is 10.2 Å². The number of hydrogen-bond donors (Lipinski definition) is 1. The fraction of sp³-hybridized carbons (Fsp3) is 0.333. The van der Waals surface area contributed by atoms with Crippen molar-refractivity contribution in [2.24, 2.45) is 0 Å². The number of nitrogens with zero attached hydrogens (tertiary/aromatic N) is 2. The highest BCUT2D eigenvalue weighted by molar-refractivity contribution is 7.92. The van der Waals surface area contributed by atoms with Crippen LogP contribution in [0.25, 0.3) is 0 Å². The van der Waals surface area contributed by atoms with Crippen LogP contribution in [0.4, 0.5) is 18.9 Å². The summed E-state index contributed by atoms with van der Waals surface area (Å²) < 4.78 is 65.6. The lowest BCUT2D eigenvalue weighted by molar-refractivity contribution is -0.140. The van der Waals surface area contributed by atoms with Crippen molar-refractivity contribution in [3.05, 3.63) is 65.5 Å². The fourth-order valence-corrected chi connectivity index (χ4v) is 3.97. The quantitative estimate of drug-likeness (QED) is 0.609. The van der Waals surface area contributed by atoms with Gasteiger partial charge in [0.25, 0.3) is 0 Å². The topological polar surface area (TPSA) is 86.8 Å². The van der Waals surface area contributed by atoms with Gasteiger partial charge in [0.1, 0.15) is 18.4 Å². The molecule has 0 aromatic heterocycles. The molecule has 0 saturated heterocycles. The molecule has 0 radical (unpaired) electrons. The molecular formula is C21H24F3N3O4S. The second kappa shape index (κ2) is 10.5. The van der Waals surface area contributed by atoms with E-state index in [1.807, 2.05) is 0 Å². The van der Waals surface area contributed by atoms with E-state index >= 15 is 0 Å². The molecular weight excluding hydrogens is 447 g/mol. The largest absolute Gasteiger partial charge is 0.357 e. The van der Waals surface area contributed by atoms with Crippen LogP contribution in [0.1, 0.15) is 18.9 Å². The van der Waals surface area contributed by atoms with Crippen LogP contribution in [-0.2, 0) is 26.2 Å². The van der Waals surface area contributed by atoms with E-state index in [-0.39, 0.29) is 18.7 Å². The minimum Gasteiger partial charge on any atom is -0.357 e. The number of rotatable bonds is 9. The summed E-state index contributed by atoms with van der Waals surface area (Å²) in [6.45, 7) is 0.827. The van der Waals surface area contributed by atoms with E-state index < -0.39 is 51.9 Å². The number of sulfonamides is 1. The summed E-state index contributed by atoms with van der Waals surface area (Å²) >= 11 is 0. The van der Waals surface area contributed by atoms with Gasteiger partial charge in [-0.25, -0.2) is 21.6 Å². The lowest BCUT2D eigenvalue weighted by atomic mass is 10.1. The Labute approximate surface area is 184 Å². The summed E-state index contributed by atoms with van der Waals surface area (Å²) in [5.41, 5.74) is 0.273. The first-order valence-corrected chi connectivity index (χ1v) is 11.5. The Morgan fingerprint density at radius 1 is 1.03 bits per heavy atom. The lowest BCUT2D eigenvalue weighted by Gasteiger charge is -2.32. The first-order valence-electron chi connectivity index (χ1n) is 9.66. The van der Waals surface area contributed by atoms with Crippen LogP contribution in [0.15, 0.2) is 42.5 Å². The normalized spacial score (nSPS) is 12.2. The van der Waals surface area contributed by atoms with E-state index in [0.717, 1.165) is 18.4 Å². The van der Waals surface area contributed by atoms with Gasteiger partial charge in [0, 0.05) is 19.7 Å². The highest BCUT2D eigenvalue weighted by Gasteiger charge is 2.31. The first-order chi connectivity index (χ1) is 15.0. The Morgan fingerprint density at radius 2 is 1.66 bits per heavy atom. The number of benzene rings is 2. The number of carbonyl (C=O) groups is 2. The number of likely N-dealkylation sites (N-methyl/N-ethyl adjacent to an activating group) is 1. The van der Waals surface area contributed by atoms with E-state index in [0.29, 0.717) is 15.9 Å². The second-order valence-electron chi connectivity index (χ2n) is 7.05. The summed E-state index contributed by atoms with van der Waals surface area (Å²) in [7, 11) is -2.67. The molecule has 1 unspecified atom stereocenters. The molecule has 2 aromatic rings. The molecule has 0 aliphatic heterocycles. The van der Waals surface area contributed by atoms with Gasteiger partial charge >= 0.3 is 0 Å². The molecule has 2 amide bonds. The van der Waals surface area contributed by atoms with Gasteiger partial charge in [-0.1, -0.05) is 19.1 Å². The molecule has 11 heteroatoms. The molecule has 0 spiro atoms. The van der Waals surface area contributed by atoms with Crippen molar-refractivity contribution in [1.29, 1.82) is 0 Å². The van der Waals surface area contributed by atoms with Crippen molar-refractivity contribution >= 4 is 27.5 Å². The maximum Gasteiger partial charge on any atom is 0.244 e. The van der Waals surface area contributed by atoms with E-state index in [1.54, 1.807) is 6.92 Å². The summed E-state index contributed by atoms with van der Waals surface area (Å²) in [6.07, 6.45) is 1.04. The molecule has 2 aromatic carbocycles. The Kier molecular flexibility index (Phi) is 8.25. The summed E-state index contributed by atoms with van der Waals surface area (Å²) in [4.78, 5) is 26.8. The van der Waals surface area contributed by atoms with Crippen molar-refractivity contribution in [2.45, 2.75) is 25.9 Å². The molecule has 0 heterocycles. The summed E-state index contributed by atoms with van der Waals surface area (Å²) in [5.74, 6) is -4.14. The van der Waals surface area contributed by atoms with Crippen LogP contribution in [0.3, 0.4) is 0 Å². The van der Waals surface area contributed by atoms with Crippen LogP contribution < -0.4 is 9.62 Å². The summed E-state index contributed by atoms with van der Waals surface area (Å²) in [5, 5.41) is 2.46. The van der Waals surface area contributed by atoms with E-state index in [1.165, 1.54) is 36.2 Å². The zero-order valence-corrected chi connectivity index (χ0v) is 18.6. The number of amides is 2. The minimum absolute atomic E-state index is 0.0968. The third-order valence-electron chi connectivity index (χ3n) is 4.77. The van der Waals surface area contributed by atoms with Crippen LogP contribution in [0.5, 0.6) is 0 Å². The Bertz CT molecular complexity index is 1080. The predicted octanol–water partition coefficient (Wildman–Crippen LogP) is 2.42. The number of carbonyl (C=O) groups excluding carboxylic acids is 2. The number of anilines is 1. The van der Waals surface area contributed by atoms with Crippen LogP contribution in [-0.4, -0.2) is 51.0 Å². The molecule has 0 saturated carbocycles. The summed E-state index contributed by atoms with van der Waals surface area (Å²) in [6, 6.07) is 6.79. The smallest absolute Gasteiger partial charge is 0.244 e. The maximum atomic E-state index is 13.7. The zero-order chi connectivity index (χ0) is 24.1. The van der Waals surface area contributed by atoms with Gasteiger partial charge < -0.3 is 10.2 Å². The average molecular weight is 472 g/mol. The average Bonchev–Trinajstić information content (AvgIpc) is 2.74. The van der Waals surface area contributed by atoms with Gasteiger partial charge in [0.2, 0.25) is 21.8 Å². The maximum absolute atomic E-state index is 13.7. The number of nitrogens with one attached hydrogen (secondary N) is 1. The molecule has 0 aliphatic rings. The monoisotopic (exact) mass is 471 g/mol. The fourth-order valence-electron chi connectivity index (χ4n) is 3.13. The molecule has 1 N–H and O–H groups in total. The Morgan fingerprint density at radius 3 is 2.16 bits per heavy atom. The van der Waals surface area contributed by atoms with E-state index in [2.05, 4.69) is 5.32 Å². The molecule has 32 heavy (non-hydrogen) atoms. The van der Waals surface area contributed by atoms with Gasteiger partial charge in [0.05, 0.1) is 11.9 Å². The Hall–Kier alpha value is -3.08. The second-order valence-corrected chi connectivity index (χ2v) is 8.96. The third-order valence-corrected chi connectivity index (χ3v) is 5.91. The number of hydrogen-bond acceptors (Lipinski definition) is 4. The van der Waals surface area contributed by atoms with Gasteiger partial charge in [-0.3, -0.25) is 13.9 Å². The van der Waals surface area contributed by atoms with Crippen molar-refractivity contribution in [2.75, 3.05) is 24.2 Å². The van der Waals surface area contributed by atoms with Crippen molar-refractivity contribution in [3.8, 4) is 0 Å². The van der Waals surface area contributed by atoms with Gasteiger partial charge in [-0.2, -0.15) is 0 Å². The SMILES string of the molecule is CCC(C(=O)NC)N(Cc1ccc(F)cc1)C(=O)CN(c1ccc(F)c(F)c1)S(C)(=O)=O. The van der Waals surface area contributed by atoms with E-state index in [4.69, 9.17) is 0 Å². The molecule has 1 atom stereocenters. The minimum atomic E-state index is -4.07. The highest BCUT2D eigenvalue weighted by atomic mass is 32.2. The highest BCUT2D eigenvalue weighted by Crippen LogP contribution is 2.22. The molecule has 0 fully saturated rings. The van der Waals surface area contributed by atoms with Crippen LogP contribution in [0, 0.1) is 17.5 Å². The molecule has 2 rings (SSSR count). The van der Waals surface area contributed by atoms with Crippen LogP contribution in [0.2, 0.25) is 0 Å². The standard InChI is InChI=1S/C21H24F3N3O4S/c1-4-19(21(29)25-2)26(12-14-5-7-15(22)8-6-14)20(28)13-27(32(3,30)31)16-9-10-17(23)18(24)11-16/h5-11,19H,4,12-13H2,1-3H3,(H,25,29). The van der Waals surface area contributed by atoms with Crippen LogP contribution >= 0.6 is 0 Å². The lowest BCUT2D eigenvalue weighted by Crippen LogP contribution is -2.51. The van der Waals surface area contributed by atoms with Gasteiger partial charge in [0.15, 0.2) is 11.6 Å². The molecule has 7 nitrogen and oxygen atoms in total. The third kappa shape index (κ3) is 6.22. The Balaban J connectivity index is 2.43. The number of halogens is 3. The zero-order valence-electron chi connectivity index (χ0n) is 17.8. The molecule has 0 aliphatic carbocycles. The van der Waals surface area contributed by atoms with Crippen molar-refractivity contribution in [3.63, 3.8) is 0 Å². The van der Waals surface area contributed by atoms with Gasteiger partial charge in [-0.05, 0) is 36.2 Å². The molecule has 174 valence electrons. The predicted molar refractivity (Wildman–Crippen MR) is 114 cm³/mol. The van der Waals surface area contributed by atoms with Gasteiger partial charge in [-0.15, -0.1) is 0 Å².